The third-order valence-electron chi connectivity index (χ3n) is 2.44. The third kappa shape index (κ3) is 6.85. The van der Waals surface area contributed by atoms with E-state index >= 15 is 0 Å². The van der Waals surface area contributed by atoms with Crippen molar-refractivity contribution in [2.24, 2.45) is 0 Å². The molecule has 0 amide bonds. The Balaban J connectivity index is 2.29. The van der Waals surface area contributed by atoms with Crippen LogP contribution in [0.4, 0.5) is 0 Å². The van der Waals surface area contributed by atoms with Crippen molar-refractivity contribution in [3.8, 4) is 0 Å². The van der Waals surface area contributed by atoms with Crippen molar-refractivity contribution in [3.63, 3.8) is 0 Å². The molecule has 1 aromatic heterocycles. The zero-order chi connectivity index (χ0) is 13.8. The van der Waals surface area contributed by atoms with E-state index in [1.54, 1.807) is 11.3 Å². The van der Waals surface area contributed by atoms with E-state index in [9.17, 15) is 5.11 Å². The van der Waals surface area contributed by atoms with E-state index in [1.807, 2.05) is 7.05 Å². The maximum atomic E-state index is 9.96. The Bertz CT molecular complexity index is 362. The Kier molecular flexibility index (Phi) is 6.27. The number of rotatable bonds is 6. The lowest BCUT2D eigenvalue weighted by molar-refractivity contribution is 0.115. The molecule has 1 unspecified atom stereocenters. The van der Waals surface area contributed by atoms with Gasteiger partial charge in [0.25, 0.3) is 0 Å². The van der Waals surface area contributed by atoms with Crippen molar-refractivity contribution in [3.05, 3.63) is 20.8 Å². The van der Waals surface area contributed by atoms with E-state index in [0.717, 1.165) is 11.0 Å². The van der Waals surface area contributed by atoms with Gasteiger partial charge in [0.15, 0.2) is 0 Å². The third-order valence-corrected chi connectivity index (χ3v) is 4.12. The molecule has 0 radical (unpaired) electrons. The van der Waals surface area contributed by atoms with Crippen molar-refractivity contribution in [2.45, 2.75) is 39.0 Å². The van der Waals surface area contributed by atoms with Gasteiger partial charge in [0.05, 0.1) is 6.10 Å². The van der Waals surface area contributed by atoms with Crippen LogP contribution in [0.1, 0.15) is 25.6 Å². The van der Waals surface area contributed by atoms with Gasteiger partial charge < -0.3 is 10.4 Å². The summed E-state index contributed by atoms with van der Waals surface area (Å²) in [6.45, 7) is 8.50. The van der Waals surface area contributed by atoms with Crippen LogP contribution in [0.5, 0.6) is 0 Å². The molecule has 0 aliphatic heterocycles. The molecule has 18 heavy (non-hydrogen) atoms. The number of β-amino-alcohol motifs (C(OH)–C–C–N with tert-alkyl or cyclic N) is 1. The number of thiophene rings is 1. The average Bonchev–Trinajstić information content (AvgIpc) is 2.59. The van der Waals surface area contributed by atoms with Gasteiger partial charge in [0, 0.05) is 39.9 Å². The molecule has 0 aliphatic rings. The number of likely N-dealkylation sites (N-methyl/N-ethyl adjacent to an activating group) is 1. The van der Waals surface area contributed by atoms with Gasteiger partial charge in [0.2, 0.25) is 0 Å². The molecule has 104 valence electrons. The Hall–Kier alpha value is 0.0600. The number of nitrogens with zero attached hydrogens (tertiary/aromatic N) is 1. The van der Waals surface area contributed by atoms with Crippen molar-refractivity contribution in [1.29, 1.82) is 0 Å². The predicted octanol–water partition coefficient (Wildman–Crippen LogP) is 2.69. The number of hydrogen-bond acceptors (Lipinski definition) is 4. The minimum atomic E-state index is -0.336. The molecule has 1 atom stereocenters. The summed E-state index contributed by atoms with van der Waals surface area (Å²) >= 11 is 5.19. The van der Waals surface area contributed by atoms with E-state index in [-0.39, 0.29) is 11.6 Å². The van der Waals surface area contributed by atoms with Gasteiger partial charge >= 0.3 is 0 Å². The van der Waals surface area contributed by atoms with Crippen molar-refractivity contribution < 1.29 is 5.11 Å². The Morgan fingerprint density at radius 3 is 2.67 bits per heavy atom. The molecule has 0 saturated carbocycles. The number of aliphatic hydroxyl groups is 1. The van der Waals surface area contributed by atoms with Gasteiger partial charge in [-0.1, -0.05) is 0 Å². The SMILES string of the molecule is CN(Cc1cc(Br)cs1)CC(O)CNC(C)(C)C. The second kappa shape index (κ2) is 7.01. The van der Waals surface area contributed by atoms with Gasteiger partial charge in [-0.2, -0.15) is 0 Å². The maximum Gasteiger partial charge on any atom is 0.0791 e. The minimum Gasteiger partial charge on any atom is -0.390 e. The van der Waals surface area contributed by atoms with Crippen LogP contribution in [-0.2, 0) is 6.54 Å². The summed E-state index contributed by atoms with van der Waals surface area (Å²) in [6, 6.07) is 2.13. The zero-order valence-corrected chi connectivity index (χ0v) is 13.9. The van der Waals surface area contributed by atoms with Crippen molar-refractivity contribution in [2.75, 3.05) is 20.1 Å². The van der Waals surface area contributed by atoms with Crippen LogP contribution in [0.3, 0.4) is 0 Å². The molecule has 3 nitrogen and oxygen atoms in total. The summed E-state index contributed by atoms with van der Waals surface area (Å²) in [5.41, 5.74) is 0.0537. The average molecular weight is 335 g/mol. The molecular formula is C13H23BrN2OS. The lowest BCUT2D eigenvalue weighted by Crippen LogP contribution is -2.44. The Morgan fingerprint density at radius 2 is 2.17 bits per heavy atom. The number of hydrogen-bond donors (Lipinski definition) is 2. The number of aliphatic hydroxyl groups excluding tert-OH is 1. The quantitative estimate of drug-likeness (QED) is 0.839. The molecule has 0 saturated heterocycles. The molecular weight excluding hydrogens is 312 g/mol. The van der Waals surface area contributed by atoms with Crippen molar-refractivity contribution >= 4 is 27.3 Å². The first-order valence-corrected chi connectivity index (χ1v) is 7.78. The molecule has 0 bridgehead atoms. The summed E-state index contributed by atoms with van der Waals surface area (Å²) in [5, 5.41) is 15.4. The van der Waals surface area contributed by atoms with Crippen LogP contribution in [0, 0.1) is 0 Å². The minimum absolute atomic E-state index is 0.0537. The standard InChI is InChI=1S/C13H23BrN2OS/c1-13(2,3)15-6-11(17)7-16(4)8-12-5-10(14)9-18-12/h5,9,11,15,17H,6-8H2,1-4H3. The topological polar surface area (TPSA) is 35.5 Å². The second-order valence-electron chi connectivity index (χ2n) is 5.71. The van der Waals surface area contributed by atoms with E-state index in [4.69, 9.17) is 0 Å². The Labute approximate surface area is 122 Å². The van der Waals surface area contributed by atoms with E-state index in [0.29, 0.717) is 13.1 Å². The van der Waals surface area contributed by atoms with Crippen LogP contribution in [0.2, 0.25) is 0 Å². The monoisotopic (exact) mass is 334 g/mol. The molecule has 0 aliphatic carbocycles. The summed E-state index contributed by atoms with van der Waals surface area (Å²) in [6.07, 6.45) is -0.336. The fraction of sp³-hybridized carbons (Fsp3) is 0.692. The fourth-order valence-corrected chi connectivity index (χ4v) is 3.15. The van der Waals surface area contributed by atoms with E-state index in [1.165, 1.54) is 4.88 Å². The highest BCUT2D eigenvalue weighted by Gasteiger charge is 2.14. The van der Waals surface area contributed by atoms with Gasteiger partial charge in [-0.15, -0.1) is 11.3 Å². The van der Waals surface area contributed by atoms with Gasteiger partial charge in [-0.05, 0) is 49.8 Å². The summed E-state index contributed by atoms with van der Waals surface area (Å²) in [4.78, 5) is 3.45. The first-order valence-electron chi connectivity index (χ1n) is 6.11. The first kappa shape index (κ1) is 16.1. The summed E-state index contributed by atoms with van der Waals surface area (Å²) in [7, 11) is 2.04. The molecule has 1 rings (SSSR count). The highest BCUT2D eigenvalue weighted by molar-refractivity contribution is 9.10. The predicted molar refractivity (Wildman–Crippen MR) is 82.1 cm³/mol. The maximum absolute atomic E-state index is 9.96. The van der Waals surface area contributed by atoms with Gasteiger partial charge in [-0.3, -0.25) is 4.90 Å². The van der Waals surface area contributed by atoms with E-state index in [2.05, 4.69) is 58.4 Å². The molecule has 0 aromatic carbocycles. The molecule has 5 heteroatoms. The lowest BCUT2D eigenvalue weighted by atomic mass is 10.1. The second-order valence-corrected chi connectivity index (χ2v) is 7.62. The fourth-order valence-electron chi connectivity index (χ4n) is 1.62. The molecule has 0 fully saturated rings. The first-order chi connectivity index (χ1) is 8.26. The van der Waals surface area contributed by atoms with Crippen LogP contribution < -0.4 is 5.32 Å². The van der Waals surface area contributed by atoms with Gasteiger partial charge in [-0.25, -0.2) is 0 Å². The summed E-state index contributed by atoms with van der Waals surface area (Å²) in [5.74, 6) is 0. The number of halogens is 1. The van der Waals surface area contributed by atoms with E-state index < -0.39 is 0 Å². The van der Waals surface area contributed by atoms with Crippen LogP contribution in [0.15, 0.2) is 15.9 Å². The van der Waals surface area contributed by atoms with Crippen molar-refractivity contribution in [1.82, 2.24) is 10.2 Å². The zero-order valence-electron chi connectivity index (χ0n) is 11.5. The lowest BCUT2D eigenvalue weighted by Gasteiger charge is -2.25. The summed E-state index contributed by atoms with van der Waals surface area (Å²) < 4.78 is 1.13. The normalized spacial score (nSPS) is 14.2. The molecule has 2 N–H and O–H groups in total. The highest BCUT2D eigenvalue weighted by atomic mass is 79.9. The smallest absolute Gasteiger partial charge is 0.0791 e. The molecule has 1 aromatic rings. The van der Waals surface area contributed by atoms with Crippen LogP contribution >= 0.6 is 27.3 Å². The van der Waals surface area contributed by atoms with Crippen LogP contribution in [0.25, 0.3) is 0 Å². The number of nitrogens with one attached hydrogen (secondary N) is 1. The molecule has 1 heterocycles. The van der Waals surface area contributed by atoms with Gasteiger partial charge in [0.1, 0.15) is 0 Å². The Morgan fingerprint density at radius 1 is 1.50 bits per heavy atom. The molecule has 0 spiro atoms. The largest absolute Gasteiger partial charge is 0.390 e. The highest BCUT2D eigenvalue weighted by Crippen LogP contribution is 2.20. The van der Waals surface area contributed by atoms with Crippen LogP contribution in [-0.4, -0.2) is 41.8 Å².